The Kier molecular flexibility index (Phi) is 22.7. The Balaban J connectivity index is 0. The Morgan fingerprint density at radius 1 is 0.857 bits per heavy atom. The smallest absolute Gasteiger partial charge is 0.326 e. The zero-order valence-corrected chi connectivity index (χ0v) is 19.3. The number of carbonyl (C=O) groups excluding carboxylic acids is 1. The zero-order chi connectivity index (χ0) is 21.6. The standard InChI is InChI=1S/C22H41NO3.C2H6/c1-4-5-6-7-8-9-10-11-12-13-14-15-16-17-21(24)23-20(22(25)26)18-19(2)3;1-2/h9-10,19-20H,4-8,11-18H2,1-3H3,(H,23,24)(H,25,26);1-2H3/b10-9-;. The van der Waals surface area contributed by atoms with Gasteiger partial charge in [0, 0.05) is 6.42 Å². The summed E-state index contributed by atoms with van der Waals surface area (Å²) in [5.41, 5.74) is 0. The SMILES string of the molecule is CC.CCCCCC/C=C\CCCCCCCC(=O)NC(CC(C)C)C(=O)O. The van der Waals surface area contributed by atoms with Gasteiger partial charge in [0.1, 0.15) is 6.04 Å². The van der Waals surface area contributed by atoms with Gasteiger partial charge < -0.3 is 10.4 Å². The summed E-state index contributed by atoms with van der Waals surface area (Å²) in [5.74, 6) is -0.823. The van der Waals surface area contributed by atoms with Gasteiger partial charge in [0.2, 0.25) is 5.91 Å². The van der Waals surface area contributed by atoms with E-state index in [1.54, 1.807) is 0 Å². The number of unbranched alkanes of at least 4 members (excludes halogenated alkanes) is 9. The van der Waals surface area contributed by atoms with Crippen LogP contribution in [0.2, 0.25) is 0 Å². The molecule has 4 nitrogen and oxygen atoms in total. The number of hydrogen-bond donors (Lipinski definition) is 2. The van der Waals surface area contributed by atoms with Gasteiger partial charge in [0.05, 0.1) is 0 Å². The highest BCUT2D eigenvalue weighted by Gasteiger charge is 2.20. The van der Waals surface area contributed by atoms with E-state index >= 15 is 0 Å². The topological polar surface area (TPSA) is 66.4 Å². The molecule has 1 unspecified atom stereocenters. The number of carbonyl (C=O) groups is 2. The van der Waals surface area contributed by atoms with Crippen molar-refractivity contribution in [3.05, 3.63) is 12.2 Å². The van der Waals surface area contributed by atoms with Crippen molar-refractivity contribution >= 4 is 11.9 Å². The molecule has 0 aliphatic rings. The van der Waals surface area contributed by atoms with Crippen molar-refractivity contribution in [1.29, 1.82) is 0 Å². The quantitative estimate of drug-likeness (QED) is 0.207. The van der Waals surface area contributed by atoms with Gasteiger partial charge in [0.25, 0.3) is 0 Å². The average Bonchev–Trinajstić information content (AvgIpc) is 2.66. The maximum absolute atomic E-state index is 11.9. The van der Waals surface area contributed by atoms with Gasteiger partial charge in [0.15, 0.2) is 0 Å². The second-order valence-corrected chi connectivity index (χ2v) is 7.72. The minimum atomic E-state index is -0.939. The summed E-state index contributed by atoms with van der Waals surface area (Å²) in [5, 5.41) is 11.8. The maximum atomic E-state index is 11.9. The molecule has 0 aromatic carbocycles. The molecule has 2 N–H and O–H groups in total. The molecular weight excluding hydrogens is 350 g/mol. The van der Waals surface area contributed by atoms with E-state index in [1.807, 2.05) is 27.7 Å². The van der Waals surface area contributed by atoms with Crippen LogP contribution in [0.5, 0.6) is 0 Å². The lowest BCUT2D eigenvalue weighted by Gasteiger charge is -2.16. The van der Waals surface area contributed by atoms with E-state index in [0.717, 1.165) is 25.7 Å². The van der Waals surface area contributed by atoms with Crippen molar-refractivity contribution in [2.45, 2.75) is 124 Å². The Bertz CT molecular complexity index is 391. The molecule has 0 aliphatic heterocycles. The molecule has 1 amide bonds. The van der Waals surface area contributed by atoms with E-state index in [0.29, 0.717) is 12.8 Å². The third-order valence-corrected chi connectivity index (χ3v) is 4.51. The molecule has 0 rings (SSSR count). The van der Waals surface area contributed by atoms with Crippen LogP contribution in [0.3, 0.4) is 0 Å². The first kappa shape index (κ1) is 28.9. The van der Waals surface area contributed by atoms with Crippen molar-refractivity contribution in [2.75, 3.05) is 0 Å². The van der Waals surface area contributed by atoms with Gasteiger partial charge >= 0.3 is 5.97 Å². The van der Waals surface area contributed by atoms with E-state index in [2.05, 4.69) is 24.4 Å². The predicted octanol–water partition coefficient (Wildman–Crippen LogP) is 6.89. The summed E-state index contributed by atoms with van der Waals surface area (Å²) in [6.07, 6.45) is 18.6. The average molecular weight is 398 g/mol. The van der Waals surface area contributed by atoms with E-state index in [9.17, 15) is 9.59 Å². The fourth-order valence-electron chi connectivity index (χ4n) is 2.96. The number of amides is 1. The lowest BCUT2D eigenvalue weighted by Crippen LogP contribution is -2.41. The number of rotatable bonds is 17. The highest BCUT2D eigenvalue weighted by Crippen LogP contribution is 2.10. The molecule has 0 spiro atoms. The second-order valence-electron chi connectivity index (χ2n) is 7.72. The van der Waals surface area contributed by atoms with Crippen molar-refractivity contribution in [3.8, 4) is 0 Å². The van der Waals surface area contributed by atoms with Crippen LogP contribution in [-0.2, 0) is 9.59 Å². The first-order valence-electron chi connectivity index (χ1n) is 11.6. The molecule has 0 bridgehead atoms. The summed E-state index contributed by atoms with van der Waals surface area (Å²) in [6, 6.07) is -0.753. The van der Waals surface area contributed by atoms with Crippen LogP contribution < -0.4 is 5.32 Å². The van der Waals surface area contributed by atoms with Crippen LogP contribution in [0.1, 0.15) is 118 Å². The lowest BCUT2D eigenvalue weighted by atomic mass is 10.0. The minimum absolute atomic E-state index is 0.135. The normalized spacial score (nSPS) is 11.9. The first-order chi connectivity index (χ1) is 13.5. The zero-order valence-electron chi connectivity index (χ0n) is 19.3. The molecule has 0 saturated carbocycles. The molecule has 0 heterocycles. The number of aliphatic carboxylic acids is 1. The van der Waals surface area contributed by atoms with Crippen LogP contribution in [0, 0.1) is 5.92 Å². The molecule has 4 heteroatoms. The monoisotopic (exact) mass is 397 g/mol. The van der Waals surface area contributed by atoms with E-state index in [-0.39, 0.29) is 11.8 Å². The molecule has 166 valence electrons. The van der Waals surface area contributed by atoms with Crippen molar-refractivity contribution in [3.63, 3.8) is 0 Å². The Morgan fingerprint density at radius 3 is 1.86 bits per heavy atom. The second kappa shape index (κ2) is 22.0. The minimum Gasteiger partial charge on any atom is -0.480 e. The van der Waals surface area contributed by atoms with Crippen LogP contribution in [-0.4, -0.2) is 23.0 Å². The fourth-order valence-corrected chi connectivity index (χ4v) is 2.96. The third-order valence-electron chi connectivity index (χ3n) is 4.51. The largest absolute Gasteiger partial charge is 0.480 e. The molecule has 28 heavy (non-hydrogen) atoms. The van der Waals surface area contributed by atoms with Crippen LogP contribution in [0.25, 0.3) is 0 Å². The van der Waals surface area contributed by atoms with E-state index in [1.165, 1.54) is 44.9 Å². The van der Waals surface area contributed by atoms with Gasteiger partial charge in [-0.05, 0) is 44.4 Å². The van der Waals surface area contributed by atoms with Gasteiger partial charge in [-0.25, -0.2) is 4.79 Å². The molecule has 0 aromatic rings. The molecular formula is C24H47NO3. The molecule has 0 saturated heterocycles. The number of hydrogen-bond acceptors (Lipinski definition) is 2. The van der Waals surface area contributed by atoms with Gasteiger partial charge in [-0.2, -0.15) is 0 Å². The van der Waals surface area contributed by atoms with Gasteiger partial charge in [-0.3, -0.25) is 4.79 Å². The van der Waals surface area contributed by atoms with Crippen LogP contribution >= 0.6 is 0 Å². The number of allylic oxidation sites excluding steroid dienone is 2. The van der Waals surface area contributed by atoms with E-state index in [4.69, 9.17) is 5.11 Å². The third kappa shape index (κ3) is 21.0. The molecule has 0 aromatic heterocycles. The number of carboxylic acids is 1. The Hall–Kier alpha value is -1.32. The first-order valence-corrected chi connectivity index (χ1v) is 11.6. The van der Waals surface area contributed by atoms with Gasteiger partial charge in [-0.1, -0.05) is 85.3 Å². The number of carboxylic acid groups (broad SMARTS) is 1. The fraction of sp³-hybridized carbons (Fsp3) is 0.833. The lowest BCUT2D eigenvalue weighted by molar-refractivity contribution is -0.142. The summed E-state index contributed by atoms with van der Waals surface area (Å²) < 4.78 is 0. The highest BCUT2D eigenvalue weighted by atomic mass is 16.4. The molecule has 0 radical (unpaired) electrons. The summed E-state index contributed by atoms with van der Waals surface area (Å²) in [7, 11) is 0. The molecule has 0 fully saturated rings. The van der Waals surface area contributed by atoms with Crippen LogP contribution in [0.15, 0.2) is 12.2 Å². The predicted molar refractivity (Wildman–Crippen MR) is 121 cm³/mol. The Labute approximate surface area is 174 Å². The summed E-state index contributed by atoms with van der Waals surface area (Å²) in [6.45, 7) is 10.2. The summed E-state index contributed by atoms with van der Waals surface area (Å²) in [4.78, 5) is 23.0. The van der Waals surface area contributed by atoms with Crippen molar-refractivity contribution in [1.82, 2.24) is 5.32 Å². The maximum Gasteiger partial charge on any atom is 0.326 e. The van der Waals surface area contributed by atoms with Gasteiger partial charge in [-0.15, -0.1) is 0 Å². The van der Waals surface area contributed by atoms with E-state index < -0.39 is 12.0 Å². The van der Waals surface area contributed by atoms with Crippen molar-refractivity contribution < 1.29 is 14.7 Å². The summed E-state index contributed by atoms with van der Waals surface area (Å²) >= 11 is 0. The van der Waals surface area contributed by atoms with Crippen LogP contribution in [0.4, 0.5) is 0 Å². The highest BCUT2D eigenvalue weighted by molar-refractivity contribution is 5.83. The Morgan fingerprint density at radius 2 is 1.36 bits per heavy atom. The van der Waals surface area contributed by atoms with Crippen molar-refractivity contribution in [2.24, 2.45) is 5.92 Å². The molecule has 0 aliphatic carbocycles. The molecule has 1 atom stereocenters. The number of nitrogens with one attached hydrogen (secondary N) is 1.